The van der Waals surface area contributed by atoms with E-state index >= 15 is 0 Å². The second-order valence-electron chi connectivity index (χ2n) is 4.76. The fraction of sp³-hybridized carbons (Fsp3) is 0.0625. The Labute approximate surface area is 150 Å². The summed E-state index contributed by atoms with van der Waals surface area (Å²) in [4.78, 5) is 14.0. The smallest absolute Gasteiger partial charge is 0.255 e. The van der Waals surface area contributed by atoms with Gasteiger partial charge in [-0.1, -0.05) is 23.1 Å². The maximum Gasteiger partial charge on any atom is 0.255 e. The standard InChI is InChI=1S/C16H13N3O2S3/c1-24(21)14-8-2-11(3-9-14)15(20)18-12-4-6-13(7-5-12)23-16-19-17-10-22-16/h2-10H,1H3,(H,18,20)/t24-/m0/s1. The molecule has 0 spiro atoms. The Morgan fingerprint density at radius 2 is 1.83 bits per heavy atom. The summed E-state index contributed by atoms with van der Waals surface area (Å²) in [6.45, 7) is 0. The fourth-order valence-electron chi connectivity index (χ4n) is 1.92. The molecule has 1 aromatic heterocycles. The van der Waals surface area contributed by atoms with Gasteiger partial charge in [-0.05, 0) is 48.5 Å². The number of benzene rings is 2. The molecule has 0 unspecified atom stereocenters. The summed E-state index contributed by atoms with van der Waals surface area (Å²) in [5, 5.41) is 10.6. The highest BCUT2D eigenvalue weighted by molar-refractivity contribution is 8.01. The molecule has 122 valence electrons. The fourth-order valence-corrected chi connectivity index (χ4v) is 3.89. The van der Waals surface area contributed by atoms with E-state index in [1.807, 2.05) is 24.3 Å². The molecule has 0 radical (unpaired) electrons. The van der Waals surface area contributed by atoms with Gasteiger partial charge in [-0.15, -0.1) is 10.2 Å². The Kier molecular flexibility index (Phi) is 5.39. The van der Waals surface area contributed by atoms with E-state index in [9.17, 15) is 9.00 Å². The Hall–Kier alpha value is -2.03. The summed E-state index contributed by atoms with van der Waals surface area (Å²) >= 11 is 3.01. The first-order valence-electron chi connectivity index (χ1n) is 6.91. The number of carbonyl (C=O) groups is 1. The zero-order valence-electron chi connectivity index (χ0n) is 12.6. The van der Waals surface area contributed by atoms with Crippen molar-refractivity contribution in [2.75, 3.05) is 11.6 Å². The number of nitrogens with zero attached hydrogens (tertiary/aromatic N) is 2. The van der Waals surface area contributed by atoms with Crippen LogP contribution >= 0.6 is 23.1 Å². The van der Waals surface area contributed by atoms with Crippen LogP contribution in [0, 0.1) is 0 Å². The normalized spacial score (nSPS) is 11.9. The zero-order chi connectivity index (χ0) is 16.9. The molecule has 8 heteroatoms. The van der Waals surface area contributed by atoms with Crippen molar-refractivity contribution >= 4 is 45.5 Å². The molecule has 0 bridgehead atoms. The Bertz CT molecular complexity index is 847. The maximum absolute atomic E-state index is 12.2. The summed E-state index contributed by atoms with van der Waals surface area (Å²) in [7, 11) is -1.05. The maximum atomic E-state index is 12.2. The number of rotatable bonds is 5. The lowest BCUT2D eigenvalue weighted by Gasteiger charge is -2.06. The van der Waals surface area contributed by atoms with Crippen molar-refractivity contribution in [1.29, 1.82) is 0 Å². The van der Waals surface area contributed by atoms with E-state index in [2.05, 4.69) is 15.5 Å². The lowest BCUT2D eigenvalue weighted by Crippen LogP contribution is -2.11. The molecular weight excluding hydrogens is 362 g/mol. The largest absolute Gasteiger partial charge is 0.322 e. The van der Waals surface area contributed by atoms with Crippen LogP contribution in [0.2, 0.25) is 0 Å². The first-order chi connectivity index (χ1) is 11.6. The van der Waals surface area contributed by atoms with Crippen LogP contribution in [0.5, 0.6) is 0 Å². The van der Waals surface area contributed by atoms with Gasteiger partial charge in [0.1, 0.15) is 5.51 Å². The quantitative estimate of drug-likeness (QED) is 0.736. The minimum atomic E-state index is -1.05. The number of hydrogen-bond acceptors (Lipinski definition) is 6. The second kappa shape index (κ2) is 7.69. The topological polar surface area (TPSA) is 72.0 Å². The SMILES string of the molecule is C[S@](=O)c1ccc(C(=O)Nc2ccc(Sc3nncs3)cc2)cc1. The Balaban J connectivity index is 1.64. The Morgan fingerprint density at radius 3 is 2.42 bits per heavy atom. The first-order valence-corrected chi connectivity index (χ1v) is 10.2. The zero-order valence-corrected chi connectivity index (χ0v) is 15.1. The third kappa shape index (κ3) is 4.28. The average Bonchev–Trinajstić information content (AvgIpc) is 3.09. The van der Waals surface area contributed by atoms with Crippen LogP contribution in [0.1, 0.15) is 10.4 Å². The van der Waals surface area contributed by atoms with Gasteiger partial charge >= 0.3 is 0 Å². The molecule has 3 rings (SSSR count). The molecular formula is C16H13N3O2S3. The molecule has 1 atom stereocenters. The molecule has 0 fully saturated rings. The molecule has 2 aromatic carbocycles. The highest BCUT2D eigenvalue weighted by Gasteiger charge is 2.07. The van der Waals surface area contributed by atoms with Gasteiger partial charge in [0.2, 0.25) is 0 Å². The van der Waals surface area contributed by atoms with Gasteiger partial charge in [0, 0.05) is 38.1 Å². The highest BCUT2D eigenvalue weighted by Crippen LogP contribution is 2.29. The number of hydrogen-bond donors (Lipinski definition) is 1. The number of nitrogens with one attached hydrogen (secondary N) is 1. The highest BCUT2D eigenvalue weighted by atomic mass is 32.2. The van der Waals surface area contributed by atoms with Crippen LogP contribution in [-0.4, -0.2) is 26.6 Å². The van der Waals surface area contributed by atoms with E-state index in [1.54, 1.807) is 36.0 Å². The summed E-state index contributed by atoms with van der Waals surface area (Å²) in [6.07, 6.45) is 1.61. The molecule has 1 heterocycles. The van der Waals surface area contributed by atoms with E-state index in [-0.39, 0.29) is 5.91 Å². The van der Waals surface area contributed by atoms with Gasteiger partial charge in [0.25, 0.3) is 5.91 Å². The van der Waals surface area contributed by atoms with Gasteiger partial charge in [-0.2, -0.15) is 0 Å². The molecule has 0 aliphatic heterocycles. The van der Waals surface area contributed by atoms with Gasteiger partial charge < -0.3 is 5.32 Å². The summed E-state index contributed by atoms with van der Waals surface area (Å²) in [5.41, 5.74) is 2.93. The molecule has 24 heavy (non-hydrogen) atoms. The van der Waals surface area contributed by atoms with Crippen LogP contribution in [0.15, 0.2) is 68.2 Å². The van der Waals surface area contributed by atoms with Crippen LogP contribution in [0.25, 0.3) is 0 Å². The van der Waals surface area contributed by atoms with Crippen molar-refractivity contribution in [2.45, 2.75) is 14.1 Å². The minimum absolute atomic E-state index is 0.201. The molecule has 1 N–H and O–H groups in total. The van der Waals surface area contributed by atoms with E-state index in [4.69, 9.17) is 0 Å². The summed E-state index contributed by atoms with van der Waals surface area (Å²) in [5.74, 6) is -0.201. The molecule has 3 aromatic rings. The number of aromatic nitrogens is 2. The summed E-state index contributed by atoms with van der Waals surface area (Å²) < 4.78 is 12.2. The molecule has 0 aliphatic rings. The first kappa shape index (κ1) is 16.8. The minimum Gasteiger partial charge on any atom is -0.322 e. The van der Waals surface area contributed by atoms with Crippen molar-refractivity contribution in [3.8, 4) is 0 Å². The van der Waals surface area contributed by atoms with E-state index in [1.165, 1.54) is 23.1 Å². The predicted octanol–water partition coefficient (Wildman–Crippen LogP) is 3.68. The van der Waals surface area contributed by atoms with Gasteiger partial charge in [-0.3, -0.25) is 9.00 Å². The molecule has 0 aliphatic carbocycles. The lowest BCUT2D eigenvalue weighted by molar-refractivity contribution is 0.102. The van der Waals surface area contributed by atoms with Crippen LogP contribution < -0.4 is 5.32 Å². The molecule has 0 saturated carbocycles. The van der Waals surface area contributed by atoms with E-state index < -0.39 is 10.8 Å². The van der Waals surface area contributed by atoms with Crippen molar-refractivity contribution in [3.05, 3.63) is 59.6 Å². The second-order valence-corrected chi connectivity index (χ2v) is 8.30. The molecule has 1 amide bonds. The third-order valence-corrected chi connectivity index (χ3v) is 5.83. The van der Waals surface area contributed by atoms with Crippen molar-refractivity contribution in [1.82, 2.24) is 10.2 Å². The van der Waals surface area contributed by atoms with Crippen molar-refractivity contribution < 1.29 is 9.00 Å². The van der Waals surface area contributed by atoms with Gasteiger partial charge in [0.05, 0.1) is 0 Å². The van der Waals surface area contributed by atoms with Gasteiger partial charge in [-0.25, -0.2) is 0 Å². The third-order valence-electron chi connectivity index (χ3n) is 3.11. The lowest BCUT2D eigenvalue weighted by atomic mass is 10.2. The molecule has 5 nitrogen and oxygen atoms in total. The predicted molar refractivity (Wildman–Crippen MR) is 97.2 cm³/mol. The summed E-state index contributed by atoms with van der Waals surface area (Å²) in [6, 6.07) is 14.3. The van der Waals surface area contributed by atoms with Crippen LogP contribution in [0.4, 0.5) is 5.69 Å². The van der Waals surface area contributed by atoms with Crippen LogP contribution in [0.3, 0.4) is 0 Å². The number of anilines is 1. The van der Waals surface area contributed by atoms with Crippen molar-refractivity contribution in [2.24, 2.45) is 0 Å². The van der Waals surface area contributed by atoms with Gasteiger partial charge in [0.15, 0.2) is 4.34 Å². The Morgan fingerprint density at radius 1 is 1.12 bits per heavy atom. The molecule has 0 saturated heterocycles. The average molecular weight is 376 g/mol. The number of amides is 1. The van der Waals surface area contributed by atoms with Crippen LogP contribution in [-0.2, 0) is 10.8 Å². The van der Waals surface area contributed by atoms with E-state index in [0.29, 0.717) is 16.1 Å². The van der Waals surface area contributed by atoms with Crippen molar-refractivity contribution in [3.63, 3.8) is 0 Å². The monoisotopic (exact) mass is 375 g/mol. The van der Waals surface area contributed by atoms with E-state index in [0.717, 1.165) is 9.24 Å². The number of carbonyl (C=O) groups excluding carboxylic acids is 1.